The van der Waals surface area contributed by atoms with Crippen molar-refractivity contribution in [3.8, 4) is 11.5 Å². The molecule has 1 aliphatic heterocycles. The van der Waals surface area contributed by atoms with Crippen LogP contribution in [-0.4, -0.2) is 36.2 Å². The predicted octanol–water partition coefficient (Wildman–Crippen LogP) is 1.59. The Balaban J connectivity index is 1.49. The zero-order valence-corrected chi connectivity index (χ0v) is 12.2. The van der Waals surface area contributed by atoms with E-state index in [1.165, 1.54) is 0 Å². The highest BCUT2D eigenvalue weighted by atomic mass is 16.6. The van der Waals surface area contributed by atoms with Crippen molar-refractivity contribution in [1.82, 2.24) is 5.32 Å². The van der Waals surface area contributed by atoms with Crippen molar-refractivity contribution in [3.05, 3.63) is 24.3 Å². The average molecular weight is 305 g/mol. The van der Waals surface area contributed by atoms with Gasteiger partial charge >= 0.3 is 5.97 Å². The van der Waals surface area contributed by atoms with Crippen LogP contribution in [0, 0.1) is 5.41 Å². The van der Waals surface area contributed by atoms with Crippen molar-refractivity contribution < 1.29 is 24.2 Å². The summed E-state index contributed by atoms with van der Waals surface area (Å²) in [5.41, 5.74) is -0.861. The first kappa shape index (κ1) is 14.7. The molecule has 22 heavy (non-hydrogen) atoms. The minimum atomic E-state index is -0.875. The van der Waals surface area contributed by atoms with E-state index in [1.54, 1.807) is 0 Å². The quantitative estimate of drug-likeness (QED) is 0.863. The summed E-state index contributed by atoms with van der Waals surface area (Å²) in [6, 6.07) is 7.37. The number of hydrogen-bond donors (Lipinski definition) is 2. The molecular formula is C16H19NO5. The van der Waals surface area contributed by atoms with E-state index in [-0.39, 0.29) is 18.4 Å². The molecule has 0 aromatic heterocycles. The van der Waals surface area contributed by atoms with E-state index in [1.807, 2.05) is 24.3 Å². The van der Waals surface area contributed by atoms with Crippen LogP contribution in [0.15, 0.2) is 24.3 Å². The maximum Gasteiger partial charge on any atom is 0.310 e. The van der Waals surface area contributed by atoms with Gasteiger partial charge in [-0.25, -0.2) is 0 Å². The van der Waals surface area contributed by atoms with Crippen molar-refractivity contribution >= 4 is 11.9 Å². The Labute approximate surface area is 128 Å². The van der Waals surface area contributed by atoms with Gasteiger partial charge in [-0.2, -0.15) is 0 Å². The lowest BCUT2D eigenvalue weighted by atomic mass is 9.66. The molecule has 1 heterocycles. The lowest BCUT2D eigenvalue weighted by Crippen LogP contribution is -2.45. The van der Waals surface area contributed by atoms with Crippen LogP contribution in [0.25, 0.3) is 0 Å². The number of carbonyl (C=O) groups excluding carboxylic acids is 1. The van der Waals surface area contributed by atoms with Gasteiger partial charge in [-0.3, -0.25) is 9.59 Å². The summed E-state index contributed by atoms with van der Waals surface area (Å²) in [5, 5.41) is 12.0. The molecule has 0 spiro atoms. The van der Waals surface area contributed by atoms with Crippen LogP contribution in [0.1, 0.15) is 25.7 Å². The van der Waals surface area contributed by atoms with Crippen molar-refractivity contribution in [2.45, 2.75) is 31.8 Å². The van der Waals surface area contributed by atoms with E-state index in [4.69, 9.17) is 9.47 Å². The van der Waals surface area contributed by atoms with Gasteiger partial charge in [0.05, 0.1) is 12.0 Å². The van der Waals surface area contributed by atoms with Crippen LogP contribution in [0.2, 0.25) is 0 Å². The minimum absolute atomic E-state index is 0.0342. The highest BCUT2D eigenvalue weighted by molar-refractivity contribution is 5.85. The number of ether oxygens (including phenoxy) is 2. The highest BCUT2D eigenvalue weighted by Gasteiger charge is 2.45. The monoisotopic (exact) mass is 305 g/mol. The van der Waals surface area contributed by atoms with Gasteiger partial charge in [-0.15, -0.1) is 0 Å². The van der Waals surface area contributed by atoms with E-state index in [0.29, 0.717) is 37.5 Å². The largest absolute Gasteiger partial charge is 0.486 e. The van der Waals surface area contributed by atoms with Crippen LogP contribution in [0.5, 0.6) is 11.5 Å². The Kier molecular flexibility index (Phi) is 3.92. The van der Waals surface area contributed by atoms with E-state index < -0.39 is 11.4 Å². The fourth-order valence-corrected chi connectivity index (χ4v) is 2.83. The van der Waals surface area contributed by atoms with E-state index in [9.17, 15) is 14.7 Å². The molecule has 1 saturated carbocycles. The first-order valence-electron chi connectivity index (χ1n) is 7.48. The zero-order chi connectivity index (χ0) is 15.6. The topological polar surface area (TPSA) is 84.9 Å². The smallest absolute Gasteiger partial charge is 0.310 e. The molecular weight excluding hydrogens is 286 g/mol. The fourth-order valence-electron chi connectivity index (χ4n) is 2.83. The second-order valence-electron chi connectivity index (χ2n) is 5.92. The summed E-state index contributed by atoms with van der Waals surface area (Å²) in [7, 11) is 0. The van der Waals surface area contributed by atoms with Gasteiger partial charge in [0.15, 0.2) is 11.5 Å². The van der Waals surface area contributed by atoms with Crippen molar-refractivity contribution in [3.63, 3.8) is 0 Å². The summed E-state index contributed by atoms with van der Waals surface area (Å²) < 4.78 is 11.3. The highest BCUT2D eigenvalue weighted by Crippen LogP contribution is 2.44. The summed E-state index contributed by atoms with van der Waals surface area (Å²) in [6.45, 7) is 0.671. The number of carbonyl (C=O) groups is 2. The van der Waals surface area contributed by atoms with Crippen molar-refractivity contribution in [2.24, 2.45) is 5.41 Å². The van der Waals surface area contributed by atoms with Crippen LogP contribution >= 0.6 is 0 Å². The standard InChI is InChI=1S/C16H19NO5/c18-14(8-16(15(19)20)6-3-7-16)17-9-11-10-21-12-4-1-2-5-13(12)22-11/h1-2,4-5,11H,3,6-10H2,(H,17,18)(H,19,20). The van der Waals surface area contributed by atoms with Gasteiger partial charge in [0.1, 0.15) is 12.7 Å². The maximum atomic E-state index is 12.0. The van der Waals surface area contributed by atoms with Gasteiger partial charge in [-0.1, -0.05) is 18.6 Å². The third-order valence-electron chi connectivity index (χ3n) is 4.36. The third kappa shape index (κ3) is 2.86. The Bertz CT molecular complexity index is 582. The average Bonchev–Trinajstić information content (AvgIpc) is 2.48. The lowest BCUT2D eigenvalue weighted by Gasteiger charge is -2.37. The Morgan fingerprint density at radius 2 is 2.00 bits per heavy atom. The predicted molar refractivity (Wildman–Crippen MR) is 77.9 cm³/mol. The van der Waals surface area contributed by atoms with Gasteiger partial charge in [0, 0.05) is 6.42 Å². The molecule has 1 fully saturated rings. The van der Waals surface area contributed by atoms with Gasteiger partial charge in [-0.05, 0) is 25.0 Å². The molecule has 1 aromatic carbocycles. The maximum absolute atomic E-state index is 12.0. The molecule has 2 aliphatic rings. The molecule has 0 bridgehead atoms. The molecule has 1 atom stereocenters. The Morgan fingerprint density at radius 1 is 1.27 bits per heavy atom. The van der Waals surface area contributed by atoms with E-state index in [2.05, 4.69) is 5.32 Å². The summed E-state index contributed by atoms with van der Waals surface area (Å²) in [5.74, 6) is 0.239. The van der Waals surface area contributed by atoms with Crippen molar-refractivity contribution in [1.29, 1.82) is 0 Å². The number of hydrogen-bond acceptors (Lipinski definition) is 4. The molecule has 0 radical (unpaired) electrons. The molecule has 2 N–H and O–H groups in total. The minimum Gasteiger partial charge on any atom is -0.486 e. The van der Waals surface area contributed by atoms with Gasteiger partial charge in [0.2, 0.25) is 5.91 Å². The lowest BCUT2D eigenvalue weighted by molar-refractivity contribution is -0.157. The number of rotatable bonds is 5. The zero-order valence-electron chi connectivity index (χ0n) is 12.2. The van der Waals surface area contributed by atoms with Crippen LogP contribution < -0.4 is 14.8 Å². The number of carboxylic acids is 1. The van der Waals surface area contributed by atoms with Gasteiger partial charge < -0.3 is 19.9 Å². The molecule has 0 saturated heterocycles. The van der Waals surface area contributed by atoms with E-state index in [0.717, 1.165) is 6.42 Å². The summed E-state index contributed by atoms with van der Waals surface area (Å²) in [6.07, 6.45) is 1.79. The molecule has 1 aliphatic carbocycles. The fraction of sp³-hybridized carbons (Fsp3) is 0.500. The van der Waals surface area contributed by atoms with E-state index >= 15 is 0 Å². The number of nitrogens with one attached hydrogen (secondary N) is 1. The van der Waals surface area contributed by atoms with Crippen molar-refractivity contribution in [2.75, 3.05) is 13.2 Å². The SMILES string of the molecule is O=C(CC1(C(=O)O)CCC1)NCC1COc2ccccc2O1. The second-order valence-corrected chi connectivity index (χ2v) is 5.92. The number of aliphatic carboxylic acids is 1. The van der Waals surface area contributed by atoms with Crippen LogP contribution in [0.4, 0.5) is 0 Å². The number of para-hydroxylation sites is 2. The Morgan fingerprint density at radius 3 is 2.64 bits per heavy atom. The molecule has 118 valence electrons. The Hall–Kier alpha value is -2.24. The van der Waals surface area contributed by atoms with Crippen LogP contribution in [0.3, 0.4) is 0 Å². The normalized spacial score (nSPS) is 21.5. The number of fused-ring (bicyclic) bond motifs is 1. The molecule has 6 nitrogen and oxygen atoms in total. The molecule has 3 rings (SSSR count). The third-order valence-corrected chi connectivity index (χ3v) is 4.36. The molecule has 1 amide bonds. The summed E-state index contributed by atoms with van der Waals surface area (Å²) >= 11 is 0. The molecule has 1 aromatic rings. The number of benzene rings is 1. The number of amides is 1. The van der Waals surface area contributed by atoms with Gasteiger partial charge in [0.25, 0.3) is 0 Å². The first-order valence-corrected chi connectivity index (χ1v) is 7.48. The van der Waals surface area contributed by atoms with Crippen LogP contribution in [-0.2, 0) is 9.59 Å². The molecule has 1 unspecified atom stereocenters. The summed E-state index contributed by atoms with van der Waals surface area (Å²) in [4.78, 5) is 23.2. The second kappa shape index (κ2) is 5.87. The first-order chi connectivity index (χ1) is 10.6. The number of carboxylic acid groups (broad SMARTS) is 1. The molecule has 6 heteroatoms.